The Bertz CT molecular complexity index is 683. The maximum absolute atomic E-state index is 6.20. The van der Waals surface area contributed by atoms with Gasteiger partial charge in [-0.3, -0.25) is 0 Å². The van der Waals surface area contributed by atoms with Gasteiger partial charge in [0.25, 0.3) is 0 Å². The zero-order valence-electron chi connectivity index (χ0n) is 14.6. The molecule has 0 aliphatic carbocycles. The van der Waals surface area contributed by atoms with Crippen molar-refractivity contribution in [3.8, 4) is 5.75 Å². The van der Waals surface area contributed by atoms with Crippen LogP contribution in [-0.2, 0) is 17.9 Å². The number of halogens is 4. The van der Waals surface area contributed by atoms with E-state index in [-0.39, 0.29) is 12.4 Å². The molecule has 1 N–H and O–H groups in total. The van der Waals surface area contributed by atoms with E-state index in [4.69, 9.17) is 44.3 Å². The van der Waals surface area contributed by atoms with E-state index in [2.05, 4.69) is 5.32 Å². The maximum atomic E-state index is 6.20. The summed E-state index contributed by atoms with van der Waals surface area (Å²) in [6, 6.07) is 11.0. The lowest BCUT2D eigenvalue weighted by molar-refractivity contribution is 0.144. The number of rotatable bonds is 10. The van der Waals surface area contributed by atoms with E-state index in [0.717, 1.165) is 43.1 Å². The molecule has 0 heterocycles. The fraction of sp³-hybridized carbons (Fsp3) is 0.368. The van der Waals surface area contributed by atoms with E-state index >= 15 is 0 Å². The summed E-state index contributed by atoms with van der Waals surface area (Å²) in [5, 5.41) is 5.27. The lowest BCUT2D eigenvalue weighted by atomic mass is 10.2. The summed E-state index contributed by atoms with van der Waals surface area (Å²) in [7, 11) is 0. The molecule has 0 saturated carbocycles. The van der Waals surface area contributed by atoms with Crippen molar-refractivity contribution >= 4 is 47.2 Å². The number of benzene rings is 2. The van der Waals surface area contributed by atoms with Crippen molar-refractivity contribution in [2.45, 2.75) is 26.5 Å². The smallest absolute Gasteiger partial charge is 0.124 e. The highest BCUT2D eigenvalue weighted by molar-refractivity contribution is 6.35. The van der Waals surface area contributed by atoms with Gasteiger partial charge in [-0.2, -0.15) is 0 Å². The van der Waals surface area contributed by atoms with E-state index < -0.39 is 0 Å². The van der Waals surface area contributed by atoms with Crippen LogP contribution in [0.3, 0.4) is 0 Å². The first-order valence-electron chi connectivity index (χ1n) is 8.23. The van der Waals surface area contributed by atoms with Crippen molar-refractivity contribution in [3.05, 3.63) is 62.6 Å². The molecule has 0 unspecified atom stereocenters. The summed E-state index contributed by atoms with van der Waals surface area (Å²) < 4.78 is 11.3. The highest BCUT2D eigenvalue weighted by Crippen LogP contribution is 2.26. The normalized spacial score (nSPS) is 10.5. The molecular formula is C19H23Cl4NO2. The second-order valence-electron chi connectivity index (χ2n) is 5.50. The van der Waals surface area contributed by atoms with Crippen LogP contribution in [0.2, 0.25) is 15.1 Å². The lowest BCUT2D eigenvalue weighted by Gasteiger charge is -2.14. The first-order valence-corrected chi connectivity index (χ1v) is 9.37. The molecule has 2 aromatic carbocycles. The van der Waals surface area contributed by atoms with Gasteiger partial charge in [0.05, 0.1) is 0 Å². The second-order valence-corrected chi connectivity index (χ2v) is 6.78. The van der Waals surface area contributed by atoms with E-state index in [1.807, 2.05) is 31.2 Å². The minimum atomic E-state index is 0. The van der Waals surface area contributed by atoms with Crippen LogP contribution in [0.4, 0.5) is 0 Å². The van der Waals surface area contributed by atoms with Gasteiger partial charge in [-0.1, -0.05) is 40.9 Å². The van der Waals surface area contributed by atoms with E-state index in [9.17, 15) is 0 Å². The van der Waals surface area contributed by atoms with Gasteiger partial charge in [0.15, 0.2) is 0 Å². The molecule has 0 aliphatic heterocycles. The third-order valence-electron chi connectivity index (χ3n) is 3.58. The Morgan fingerprint density at radius 2 is 1.69 bits per heavy atom. The number of hydrogen-bond donors (Lipinski definition) is 1. The van der Waals surface area contributed by atoms with Crippen molar-refractivity contribution in [1.82, 2.24) is 5.32 Å². The minimum absolute atomic E-state index is 0. The van der Waals surface area contributed by atoms with Crippen molar-refractivity contribution < 1.29 is 9.47 Å². The molecule has 3 nitrogen and oxygen atoms in total. The molecule has 0 aliphatic rings. The van der Waals surface area contributed by atoms with Gasteiger partial charge in [0.2, 0.25) is 0 Å². The van der Waals surface area contributed by atoms with E-state index in [0.29, 0.717) is 28.2 Å². The minimum Gasteiger partial charge on any atom is -0.489 e. The van der Waals surface area contributed by atoms with Gasteiger partial charge in [-0.05, 0) is 50.2 Å². The molecule has 2 aromatic rings. The van der Waals surface area contributed by atoms with Gasteiger partial charge < -0.3 is 14.8 Å². The van der Waals surface area contributed by atoms with E-state index in [1.54, 1.807) is 12.1 Å². The van der Waals surface area contributed by atoms with Crippen LogP contribution in [0.5, 0.6) is 5.75 Å². The van der Waals surface area contributed by atoms with Gasteiger partial charge in [0.1, 0.15) is 12.4 Å². The largest absolute Gasteiger partial charge is 0.489 e. The first kappa shape index (κ1) is 23.4. The number of nitrogens with one attached hydrogen (secondary N) is 1. The molecule has 0 saturated heterocycles. The summed E-state index contributed by atoms with van der Waals surface area (Å²) in [5.74, 6) is 0.785. The molecule has 7 heteroatoms. The molecule has 0 bridgehead atoms. The summed E-state index contributed by atoms with van der Waals surface area (Å²) in [5.41, 5.74) is 1.89. The average Bonchev–Trinajstić information content (AvgIpc) is 2.58. The SMILES string of the molecule is CCOCCCNCc1cc(Cl)ccc1OCc1ccc(Cl)cc1Cl.Cl. The van der Waals surface area contributed by atoms with Crippen molar-refractivity contribution in [2.75, 3.05) is 19.8 Å². The van der Waals surface area contributed by atoms with Crippen molar-refractivity contribution in [1.29, 1.82) is 0 Å². The zero-order chi connectivity index (χ0) is 18.1. The highest BCUT2D eigenvalue weighted by Gasteiger charge is 2.07. The Labute approximate surface area is 176 Å². The van der Waals surface area contributed by atoms with Crippen molar-refractivity contribution in [2.24, 2.45) is 0 Å². The fourth-order valence-corrected chi connectivity index (χ4v) is 2.95. The third kappa shape index (κ3) is 7.91. The van der Waals surface area contributed by atoms with Crippen LogP contribution >= 0.6 is 47.2 Å². The van der Waals surface area contributed by atoms with Crippen LogP contribution in [-0.4, -0.2) is 19.8 Å². The highest BCUT2D eigenvalue weighted by atomic mass is 35.5. The molecule has 0 radical (unpaired) electrons. The van der Waals surface area contributed by atoms with Crippen LogP contribution < -0.4 is 10.1 Å². The van der Waals surface area contributed by atoms with Crippen molar-refractivity contribution in [3.63, 3.8) is 0 Å². The molecule has 0 aromatic heterocycles. The fourth-order valence-electron chi connectivity index (χ4n) is 2.29. The topological polar surface area (TPSA) is 30.5 Å². The molecule has 0 atom stereocenters. The Kier molecular flexibility index (Phi) is 11.4. The molecule has 2 rings (SSSR count). The summed E-state index contributed by atoms with van der Waals surface area (Å²) >= 11 is 18.2. The Balaban J connectivity index is 0.00000338. The van der Waals surface area contributed by atoms with Gasteiger partial charge in [0, 0.05) is 46.0 Å². The van der Waals surface area contributed by atoms with Gasteiger partial charge in [-0.15, -0.1) is 12.4 Å². The Morgan fingerprint density at radius 3 is 2.42 bits per heavy atom. The average molecular weight is 439 g/mol. The molecule has 144 valence electrons. The summed E-state index contributed by atoms with van der Waals surface area (Å²) in [4.78, 5) is 0. The summed E-state index contributed by atoms with van der Waals surface area (Å²) in [6.07, 6.45) is 0.963. The second kappa shape index (κ2) is 12.7. The predicted octanol–water partition coefficient (Wildman–Crippen LogP) is 6.16. The van der Waals surface area contributed by atoms with E-state index in [1.165, 1.54) is 0 Å². The standard InChI is InChI=1S/C19H22Cl3NO2.ClH/c1-2-24-9-3-8-23-12-15-10-16(20)6-7-19(15)25-13-14-4-5-17(21)11-18(14)22;/h4-7,10-11,23H,2-3,8-9,12-13H2,1H3;1H. The maximum Gasteiger partial charge on any atom is 0.124 e. The summed E-state index contributed by atoms with van der Waals surface area (Å²) in [6.45, 7) is 5.42. The Morgan fingerprint density at radius 1 is 0.962 bits per heavy atom. The molecule has 26 heavy (non-hydrogen) atoms. The first-order chi connectivity index (χ1) is 12.1. The van der Waals surface area contributed by atoms with Crippen LogP contribution in [0.1, 0.15) is 24.5 Å². The van der Waals surface area contributed by atoms with Crippen LogP contribution in [0, 0.1) is 0 Å². The predicted molar refractivity (Wildman–Crippen MR) is 112 cm³/mol. The van der Waals surface area contributed by atoms with Crippen LogP contribution in [0.25, 0.3) is 0 Å². The number of hydrogen-bond acceptors (Lipinski definition) is 3. The monoisotopic (exact) mass is 437 g/mol. The molecule has 0 spiro atoms. The molecular weight excluding hydrogens is 416 g/mol. The third-order valence-corrected chi connectivity index (χ3v) is 4.40. The molecule has 0 fully saturated rings. The quantitative estimate of drug-likeness (QED) is 0.450. The van der Waals surface area contributed by atoms with Gasteiger partial charge >= 0.3 is 0 Å². The lowest BCUT2D eigenvalue weighted by Crippen LogP contribution is -2.17. The molecule has 0 amide bonds. The number of ether oxygens (including phenoxy) is 2. The zero-order valence-corrected chi connectivity index (χ0v) is 17.6. The Hall–Kier alpha value is -0.680. The van der Waals surface area contributed by atoms with Crippen LogP contribution in [0.15, 0.2) is 36.4 Å². The van der Waals surface area contributed by atoms with Gasteiger partial charge in [-0.25, -0.2) is 0 Å².